The molecule has 0 spiro atoms. The lowest BCUT2D eigenvalue weighted by Crippen LogP contribution is -2.18. The molecule has 0 aromatic heterocycles. The van der Waals surface area contributed by atoms with Gasteiger partial charge in [0.25, 0.3) is 0 Å². The highest BCUT2D eigenvalue weighted by Gasteiger charge is 2.14. The molecule has 0 fully saturated rings. The standard InChI is InChI=1S/C18H22FNO/c1-12(2)21-16-8-5-14(6-9-16)18(20-4)17-10-7-15(19)11-13(17)3/h5-12,18,20H,1-4H3. The Morgan fingerprint density at radius 1 is 1.05 bits per heavy atom. The minimum atomic E-state index is -0.202. The first-order chi connectivity index (χ1) is 10.0. The van der Waals surface area contributed by atoms with Gasteiger partial charge in [0.05, 0.1) is 12.1 Å². The molecule has 2 aromatic carbocycles. The van der Waals surface area contributed by atoms with E-state index in [2.05, 4.69) is 5.32 Å². The third kappa shape index (κ3) is 3.82. The maximum Gasteiger partial charge on any atom is 0.123 e. The van der Waals surface area contributed by atoms with Gasteiger partial charge in [-0.3, -0.25) is 0 Å². The van der Waals surface area contributed by atoms with Crippen molar-refractivity contribution in [2.75, 3.05) is 7.05 Å². The topological polar surface area (TPSA) is 21.3 Å². The fourth-order valence-electron chi connectivity index (χ4n) is 2.48. The number of rotatable bonds is 5. The van der Waals surface area contributed by atoms with Gasteiger partial charge < -0.3 is 10.1 Å². The van der Waals surface area contributed by atoms with Crippen molar-refractivity contribution in [3.05, 3.63) is 65.0 Å². The van der Waals surface area contributed by atoms with E-state index in [1.54, 1.807) is 6.07 Å². The van der Waals surface area contributed by atoms with Crippen LogP contribution in [-0.2, 0) is 0 Å². The monoisotopic (exact) mass is 287 g/mol. The van der Waals surface area contributed by atoms with Crippen LogP contribution in [0, 0.1) is 12.7 Å². The lowest BCUT2D eigenvalue weighted by molar-refractivity contribution is 0.242. The molecule has 2 aromatic rings. The summed E-state index contributed by atoms with van der Waals surface area (Å²) in [5, 5.41) is 3.29. The normalized spacial score (nSPS) is 12.5. The van der Waals surface area contributed by atoms with Gasteiger partial charge in [0.2, 0.25) is 0 Å². The van der Waals surface area contributed by atoms with E-state index < -0.39 is 0 Å². The van der Waals surface area contributed by atoms with Gasteiger partial charge in [0, 0.05) is 0 Å². The summed E-state index contributed by atoms with van der Waals surface area (Å²) in [5.74, 6) is 0.659. The van der Waals surface area contributed by atoms with Gasteiger partial charge in [0.15, 0.2) is 0 Å². The van der Waals surface area contributed by atoms with Crippen molar-refractivity contribution in [2.45, 2.75) is 32.9 Å². The molecule has 0 radical (unpaired) electrons. The van der Waals surface area contributed by atoms with Crippen molar-refractivity contribution in [1.82, 2.24) is 5.32 Å². The van der Waals surface area contributed by atoms with Gasteiger partial charge in [0.1, 0.15) is 11.6 Å². The Bertz CT molecular complexity index is 593. The number of hydrogen-bond donors (Lipinski definition) is 1. The van der Waals surface area contributed by atoms with E-state index in [9.17, 15) is 4.39 Å². The Balaban J connectivity index is 2.28. The van der Waals surface area contributed by atoms with E-state index in [0.717, 1.165) is 22.4 Å². The van der Waals surface area contributed by atoms with Crippen molar-refractivity contribution in [1.29, 1.82) is 0 Å². The fraction of sp³-hybridized carbons (Fsp3) is 0.333. The van der Waals surface area contributed by atoms with Crippen LogP contribution in [0.15, 0.2) is 42.5 Å². The predicted octanol–water partition coefficient (Wildman–Crippen LogP) is 4.23. The second-order valence-electron chi connectivity index (χ2n) is 5.46. The Labute approximate surface area is 126 Å². The Morgan fingerprint density at radius 3 is 2.24 bits per heavy atom. The molecule has 0 saturated carbocycles. The first kappa shape index (κ1) is 15.5. The quantitative estimate of drug-likeness (QED) is 0.888. The van der Waals surface area contributed by atoms with E-state index in [-0.39, 0.29) is 18.0 Å². The maximum absolute atomic E-state index is 13.3. The molecule has 3 heteroatoms. The third-order valence-electron chi connectivity index (χ3n) is 3.42. The molecule has 1 unspecified atom stereocenters. The Kier molecular flexibility index (Phi) is 4.97. The highest BCUT2D eigenvalue weighted by molar-refractivity contribution is 5.39. The zero-order valence-electron chi connectivity index (χ0n) is 13.0. The largest absolute Gasteiger partial charge is 0.491 e. The fourth-order valence-corrected chi connectivity index (χ4v) is 2.48. The summed E-state index contributed by atoms with van der Waals surface area (Å²) < 4.78 is 18.9. The summed E-state index contributed by atoms with van der Waals surface area (Å²) in [6.07, 6.45) is 0.162. The van der Waals surface area contributed by atoms with Gasteiger partial charge in [-0.2, -0.15) is 0 Å². The van der Waals surface area contributed by atoms with Crippen LogP contribution in [0.1, 0.15) is 36.6 Å². The molecule has 2 rings (SSSR count). The zero-order valence-corrected chi connectivity index (χ0v) is 13.0. The second kappa shape index (κ2) is 6.72. The third-order valence-corrected chi connectivity index (χ3v) is 3.42. The van der Waals surface area contributed by atoms with Gasteiger partial charge in [-0.25, -0.2) is 4.39 Å². The van der Waals surface area contributed by atoms with Crippen LogP contribution in [0.2, 0.25) is 0 Å². The lowest BCUT2D eigenvalue weighted by Gasteiger charge is -2.20. The van der Waals surface area contributed by atoms with Crippen LogP contribution in [0.3, 0.4) is 0 Å². The van der Waals surface area contributed by atoms with Crippen molar-refractivity contribution in [2.24, 2.45) is 0 Å². The molecule has 0 amide bonds. The number of hydrogen-bond acceptors (Lipinski definition) is 2. The molecule has 0 saturated heterocycles. The lowest BCUT2D eigenvalue weighted by atomic mass is 9.95. The van der Waals surface area contributed by atoms with Gasteiger partial charge in [-0.15, -0.1) is 0 Å². The van der Waals surface area contributed by atoms with Crippen LogP contribution in [-0.4, -0.2) is 13.2 Å². The summed E-state index contributed by atoms with van der Waals surface area (Å²) in [7, 11) is 1.91. The summed E-state index contributed by atoms with van der Waals surface area (Å²) in [6.45, 7) is 5.94. The van der Waals surface area contributed by atoms with Crippen molar-refractivity contribution in [3.8, 4) is 5.75 Å². The highest BCUT2D eigenvalue weighted by Crippen LogP contribution is 2.26. The van der Waals surface area contributed by atoms with Crippen LogP contribution < -0.4 is 10.1 Å². The summed E-state index contributed by atoms with van der Waals surface area (Å²) in [6, 6.07) is 13.0. The first-order valence-electron chi connectivity index (χ1n) is 7.21. The molecule has 1 atom stereocenters. The number of aryl methyl sites for hydroxylation is 1. The average Bonchev–Trinajstić information content (AvgIpc) is 2.43. The zero-order chi connectivity index (χ0) is 15.4. The van der Waals surface area contributed by atoms with Crippen LogP contribution in [0.5, 0.6) is 5.75 Å². The molecular formula is C18H22FNO. The number of ether oxygens (including phenoxy) is 1. The minimum Gasteiger partial charge on any atom is -0.491 e. The molecule has 112 valence electrons. The van der Waals surface area contributed by atoms with Crippen molar-refractivity contribution in [3.63, 3.8) is 0 Å². The molecule has 21 heavy (non-hydrogen) atoms. The number of benzene rings is 2. The number of halogens is 1. The molecular weight excluding hydrogens is 265 g/mol. The maximum atomic E-state index is 13.3. The summed E-state index contributed by atoms with van der Waals surface area (Å²) in [5.41, 5.74) is 3.15. The molecule has 0 heterocycles. The number of nitrogens with one attached hydrogen (secondary N) is 1. The van der Waals surface area contributed by atoms with Gasteiger partial charge >= 0.3 is 0 Å². The van der Waals surface area contributed by atoms with E-state index in [1.807, 2.05) is 58.2 Å². The SMILES string of the molecule is CNC(c1ccc(OC(C)C)cc1)c1ccc(F)cc1C. The predicted molar refractivity (Wildman–Crippen MR) is 84.2 cm³/mol. The highest BCUT2D eigenvalue weighted by atomic mass is 19.1. The summed E-state index contributed by atoms with van der Waals surface area (Å²) >= 11 is 0. The van der Waals surface area contributed by atoms with Crippen molar-refractivity contribution >= 4 is 0 Å². The smallest absolute Gasteiger partial charge is 0.123 e. The molecule has 2 nitrogen and oxygen atoms in total. The van der Waals surface area contributed by atoms with Gasteiger partial charge in [-0.05, 0) is 68.8 Å². The first-order valence-corrected chi connectivity index (χ1v) is 7.21. The van der Waals surface area contributed by atoms with E-state index in [0.29, 0.717) is 0 Å². The molecule has 0 aliphatic carbocycles. The summed E-state index contributed by atoms with van der Waals surface area (Å²) in [4.78, 5) is 0. The second-order valence-corrected chi connectivity index (χ2v) is 5.46. The van der Waals surface area contributed by atoms with Crippen molar-refractivity contribution < 1.29 is 9.13 Å². The van der Waals surface area contributed by atoms with Gasteiger partial charge in [-0.1, -0.05) is 18.2 Å². The van der Waals surface area contributed by atoms with Crippen LogP contribution in [0.25, 0.3) is 0 Å². The van der Waals surface area contributed by atoms with Crippen LogP contribution in [0.4, 0.5) is 4.39 Å². The molecule has 0 aliphatic heterocycles. The molecule has 1 N–H and O–H groups in total. The minimum absolute atomic E-state index is 0.0405. The van der Waals surface area contributed by atoms with E-state index >= 15 is 0 Å². The molecule has 0 bridgehead atoms. The van der Waals surface area contributed by atoms with E-state index in [1.165, 1.54) is 6.07 Å². The Hall–Kier alpha value is -1.87. The average molecular weight is 287 g/mol. The Morgan fingerprint density at radius 2 is 1.71 bits per heavy atom. The molecule has 0 aliphatic rings. The van der Waals surface area contributed by atoms with E-state index in [4.69, 9.17) is 4.74 Å². The van der Waals surface area contributed by atoms with Crippen LogP contribution >= 0.6 is 0 Å².